The molecule has 6 aromatic carbocycles. The van der Waals surface area contributed by atoms with E-state index in [1.165, 1.54) is 6.33 Å². The number of imidazole rings is 1. The molecule has 1 amide bonds. The Bertz CT molecular complexity index is 2960. The molecular formula is C59H64N6O7Si. The van der Waals surface area contributed by atoms with Gasteiger partial charge < -0.3 is 39.5 Å². The standard InChI is InChI=1S/C59H64N6O7Si/c1-57(2,3)73(48-25-15-8-16-26-48,49-27-17-9-18-28-49)72-52-50(39-70-59(43-23-13-7-14-24-43,44-29-33-46(68-4)34-30-44)45-31-35-47(69-5)36-32-45)71-58(53(52)66,37-19-10-20-38-60)65-41-63-51-54(61-40-62-55(51)65)64-56(67)42-21-11-6-12-22-42/h6-9,11-18,21-36,40-41,50,52-53,66H,10,19-20,37-39,60H2,1-5H3,(H,61,62,64,67)/t50-,52-,53-,58-/m1/s1. The number of aromatic nitrogens is 4. The van der Waals surface area contributed by atoms with Crippen molar-refractivity contribution in [2.45, 2.75) is 81.1 Å². The Hall–Kier alpha value is -7.04. The number of hydrogen-bond donors (Lipinski definition) is 3. The number of unbranched alkanes of at least 4 members (excludes halogenated alkanes) is 2. The van der Waals surface area contributed by atoms with Gasteiger partial charge in [-0.1, -0.05) is 161 Å². The zero-order valence-corrected chi connectivity index (χ0v) is 43.1. The number of nitrogens with two attached hydrogens (primary N) is 1. The van der Waals surface area contributed by atoms with Crippen LogP contribution in [0.4, 0.5) is 5.82 Å². The largest absolute Gasteiger partial charge is 0.497 e. The highest BCUT2D eigenvalue weighted by Gasteiger charge is 2.62. The molecule has 1 aliphatic heterocycles. The predicted octanol–water partition coefficient (Wildman–Crippen LogP) is 8.98. The van der Waals surface area contributed by atoms with Gasteiger partial charge in [0.05, 0.1) is 27.2 Å². The van der Waals surface area contributed by atoms with Gasteiger partial charge in [0.1, 0.15) is 41.7 Å². The molecule has 1 saturated heterocycles. The monoisotopic (exact) mass is 996 g/mol. The minimum atomic E-state index is -3.43. The van der Waals surface area contributed by atoms with Gasteiger partial charge in [-0.2, -0.15) is 0 Å². The highest BCUT2D eigenvalue weighted by molar-refractivity contribution is 6.99. The molecule has 376 valence electrons. The number of aliphatic hydroxyl groups is 1. The van der Waals surface area contributed by atoms with Crippen LogP contribution in [-0.2, 0) is 25.2 Å². The summed E-state index contributed by atoms with van der Waals surface area (Å²) < 4.78 is 36.4. The summed E-state index contributed by atoms with van der Waals surface area (Å²) in [6.45, 7) is 7.10. The maximum atomic E-state index is 13.7. The summed E-state index contributed by atoms with van der Waals surface area (Å²) in [7, 11) is -0.136. The van der Waals surface area contributed by atoms with Gasteiger partial charge in [0.15, 0.2) is 22.7 Å². The van der Waals surface area contributed by atoms with Gasteiger partial charge in [0.25, 0.3) is 14.2 Å². The summed E-state index contributed by atoms with van der Waals surface area (Å²) in [6, 6.07) is 55.6. The van der Waals surface area contributed by atoms with Crippen molar-refractivity contribution in [2.75, 3.05) is 32.7 Å². The third-order valence-corrected chi connectivity index (χ3v) is 19.1. The molecule has 1 aliphatic rings. The summed E-state index contributed by atoms with van der Waals surface area (Å²) in [4.78, 5) is 27.7. The molecule has 2 aromatic heterocycles. The van der Waals surface area contributed by atoms with E-state index in [-0.39, 0.29) is 18.3 Å². The molecule has 0 saturated carbocycles. The molecular weight excluding hydrogens is 933 g/mol. The van der Waals surface area contributed by atoms with Gasteiger partial charge in [0, 0.05) is 5.56 Å². The molecule has 0 spiro atoms. The second kappa shape index (κ2) is 22.0. The Morgan fingerprint density at radius 2 is 1.25 bits per heavy atom. The summed E-state index contributed by atoms with van der Waals surface area (Å²) in [5.41, 5.74) is 7.00. The highest BCUT2D eigenvalue weighted by atomic mass is 28.4. The Morgan fingerprint density at radius 3 is 1.78 bits per heavy atom. The van der Waals surface area contributed by atoms with Crippen molar-refractivity contribution in [3.8, 4) is 11.5 Å². The third kappa shape index (κ3) is 9.82. The van der Waals surface area contributed by atoms with Crippen molar-refractivity contribution in [3.63, 3.8) is 0 Å². The normalized spacial score (nSPS) is 18.2. The molecule has 0 aliphatic carbocycles. The number of anilines is 1. The predicted molar refractivity (Wildman–Crippen MR) is 287 cm³/mol. The van der Waals surface area contributed by atoms with Crippen molar-refractivity contribution < 1.29 is 33.3 Å². The number of fused-ring (bicyclic) bond motifs is 1. The van der Waals surface area contributed by atoms with Crippen molar-refractivity contribution >= 4 is 41.6 Å². The van der Waals surface area contributed by atoms with Crippen molar-refractivity contribution in [1.82, 2.24) is 19.5 Å². The molecule has 1 fully saturated rings. The molecule has 0 radical (unpaired) electrons. The zero-order valence-electron chi connectivity index (χ0n) is 42.1. The molecule has 4 N–H and O–H groups in total. The molecule has 3 heterocycles. The first-order valence-electron chi connectivity index (χ1n) is 24.9. The third-order valence-electron chi connectivity index (χ3n) is 14.1. The first-order valence-corrected chi connectivity index (χ1v) is 26.8. The van der Waals surface area contributed by atoms with E-state index in [0.29, 0.717) is 47.6 Å². The molecule has 9 rings (SSSR count). The average molecular weight is 997 g/mol. The van der Waals surface area contributed by atoms with Crippen LogP contribution in [0.2, 0.25) is 5.04 Å². The summed E-state index contributed by atoms with van der Waals surface area (Å²) >= 11 is 0. The average Bonchev–Trinajstić information content (AvgIpc) is 3.99. The first kappa shape index (κ1) is 50.9. The van der Waals surface area contributed by atoms with Crippen LogP contribution in [0.25, 0.3) is 11.2 Å². The Kier molecular flexibility index (Phi) is 15.3. The second-order valence-corrected chi connectivity index (χ2v) is 23.7. The maximum Gasteiger partial charge on any atom is 0.261 e. The van der Waals surface area contributed by atoms with E-state index in [1.54, 1.807) is 49.4 Å². The number of benzene rings is 6. The van der Waals surface area contributed by atoms with Crippen LogP contribution >= 0.6 is 0 Å². The van der Waals surface area contributed by atoms with Crippen LogP contribution < -0.4 is 30.9 Å². The fourth-order valence-corrected chi connectivity index (χ4v) is 15.2. The van der Waals surface area contributed by atoms with E-state index in [2.05, 4.69) is 67.5 Å². The number of ether oxygens (including phenoxy) is 4. The molecule has 14 heteroatoms. The number of aliphatic hydroxyl groups excluding tert-OH is 1. The number of carbonyl (C=O) groups excluding carboxylic acids is 1. The number of methoxy groups -OCH3 is 2. The number of nitrogens with one attached hydrogen (secondary N) is 1. The van der Waals surface area contributed by atoms with Crippen LogP contribution in [0, 0.1) is 0 Å². The van der Waals surface area contributed by atoms with Crippen LogP contribution in [0.15, 0.2) is 183 Å². The number of carbonyl (C=O) groups is 1. The van der Waals surface area contributed by atoms with E-state index in [0.717, 1.165) is 39.9 Å². The minimum absolute atomic E-state index is 0.0581. The number of amides is 1. The van der Waals surface area contributed by atoms with E-state index in [9.17, 15) is 9.90 Å². The second-order valence-electron chi connectivity index (χ2n) is 19.4. The maximum absolute atomic E-state index is 13.7. The molecule has 0 bridgehead atoms. The van der Waals surface area contributed by atoms with E-state index >= 15 is 0 Å². The van der Waals surface area contributed by atoms with E-state index in [4.69, 9.17) is 39.1 Å². The lowest BCUT2D eigenvalue weighted by atomic mass is 9.80. The summed E-state index contributed by atoms with van der Waals surface area (Å²) in [5.74, 6) is 1.26. The van der Waals surface area contributed by atoms with Crippen LogP contribution in [0.3, 0.4) is 0 Å². The van der Waals surface area contributed by atoms with Crippen molar-refractivity contribution in [3.05, 3.63) is 205 Å². The zero-order chi connectivity index (χ0) is 51.1. The molecule has 8 aromatic rings. The van der Waals surface area contributed by atoms with Gasteiger partial charge >= 0.3 is 0 Å². The van der Waals surface area contributed by atoms with Gasteiger partial charge in [-0.15, -0.1) is 0 Å². The van der Waals surface area contributed by atoms with E-state index in [1.807, 2.05) is 109 Å². The quantitative estimate of drug-likeness (QED) is 0.0379. The number of hydrogen-bond acceptors (Lipinski definition) is 11. The summed E-state index contributed by atoms with van der Waals surface area (Å²) in [5, 5.41) is 18.3. The minimum Gasteiger partial charge on any atom is -0.497 e. The lowest BCUT2D eigenvalue weighted by molar-refractivity contribution is -0.162. The van der Waals surface area contributed by atoms with E-state index < -0.39 is 43.0 Å². The molecule has 4 atom stereocenters. The molecule has 73 heavy (non-hydrogen) atoms. The SMILES string of the molecule is COc1ccc(C(OC[C@H]2O[C@@](CCCCCN)(n3cnc4c(NC(=O)c5ccccc5)ncnc43)[C@H](O)[C@@H]2O[Si](c2ccccc2)(c2ccccc2)C(C)(C)C)(c2ccccc2)c2ccc(OC)cc2)cc1. The summed E-state index contributed by atoms with van der Waals surface area (Å²) in [6.07, 6.45) is 2.25. The molecule has 13 nitrogen and oxygen atoms in total. The van der Waals surface area contributed by atoms with Gasteiger partial charge in [-0.3, -0.25) is 9.36 Å². The van der Waals surface area contributed by atoms with Crippen LogP contribution in [0.1, 0.15) is 73.5 Å². The van der Waals surface area contributed by atoms with Crippen LogP contribution in [0.5, 0.6) is 11.5 Å². The topological polar surface area (TPSA) is 165 Å². The Labute approximate surface area is 428 Å². The Balaban J connectivity index is 1.24. The van der Waals surface area contributed by atoms with Gasteiger partial charge in [-0.25, -0.2) is 15.0 Å². The molecule has 0 unspecified atom stereocenters. The van der Waals surface area contributed by atoms with Crippen molar-refractivity contribution in [2.24, 2.45) is 5.73 Å². The lowest BCUT2D eigenvalue weighted by Crippen LogP contribution is -2.69. The van der Waals surface area contributed by atoms with Crippen molar-refractivity contribution in [1.29, 1.82) is 0 Å². The number of nitrogens with zero attached hydrogens (tertiary/aromatic N) is 4. The number of rotatable bonds is 20. The van der Waals surface area contributed by atoms with Gasteiger partial charge in [0.2, 0.25) is 0 Å². The fourth-order valence-electron chi connectivity index (χ4n) is 10.5. The smallest absolute Gasteiger partial charge is 0.261 e. The van der Waals surface area contributed by atoms with Crippen LogP contribution in [-0.4, -0.2) is 84.5 Å². The highest BCUT2D eigenvalue weighted by Crippen LogP contribution is 2.49. The fraction of sp³-hybridized carbons (Fsp3) is 0.288. The van der Waals surface area contributed by atoms with Gasteiger partial charge in [-0.05, 0) is 94.3 Å². The Morgan fingerprint density at radius 1 is 0.712 bits per heavy atom. The first-order chi connectivity index (χ1) is 35.5. The lowest BCUT2D eigenvalue weighted by Gasteiger charge is -2.46.